The van der Waals surface area contributed by atoms with Crippen molar-refractivity contribution in [2.75, 3.05) is 16.5 Å². The highest BCUT2D eigenvalue weighted by Gasteiger charge is 2.33. The lowest BCUT2D eigenvalue weighted by Gasteiger charge is -2.30. The Bertz CT molecular complexity index is 3100. The van der Waals surface area contributed by atoms with E-state index in [2.05, 4.69) is 160 Å². The van der Waals surface area contributed by atoms with Crippen LogP contribution in [0, 0.1) is 17.5 Å². The Morgan fingerprint density at radius 1 is 0.627 bits per heavy atom. The molecule has 0 N–H and O–H groups in total. The highest BCUT2D eigenvalue weighted by molar-refractivity contribution is 6.09. The van der Waals surface area contributed by atoms with E-state index in [1.807, 2.05) is 18.3 Å². The summed E-state index contributed by atoms with van der Waals surface area (Å²) in [6.07, 6.45) is 9.10. The minimum absolute atomic E-state index is 0.00745. The Balaban J connectivity index is 1.09. The summed E-state index contributed by atoms with van der Waals surface area (Å²) in [5.74, 6) is 0.0546. The first-order chi connectivity index (χ1) is 32.2. The van der Waals surface area contributed by atoms with Gasteiger partial charge in [-0.15, -0.1) is 0 Å². The molecule has 1 saturated carbocycles. The van der Waals surface area contributed by atoms with Crippen molar-refractivity contribution in [2.45, 2.75) is 110 Å². The van der Waals surface area contributed by atoms with Crippen molar-refractivity contribution in [2.24, 2.45) is 0 Å². The maximum Gasteiger partial charge on any atom is 0.137 e. The topological polar surface area (TPSA) is 33.5 Å². The van der Waals surface area contributed by atoms with E-state index < -0.39 is 17.5 Å². The molecule has 0 spiro atoms. The molecule has 0 unspecified atom stereocenters. The third-order valence-electron chi connectivity index (χ3n) is 14.0. The summed E-state index contributed by atoms with van der Waals surface area (Å²) in [6.45, 7) is 15.6. The van der Waals surface area contributed by atoms with E-state index in [1.165, 1.54) is 36.8 Å². The number of benzene rings is 6. The number of pyridine rings is 1. The van der Waals surface area contributed by atoms with E-state index in [0.29, 0.717) is 18.2 Å². The summed E-state index contributed by atoms with van der Waals surface area (Å²) in [5.41, 5.74) is 10.9. The lowest BCUT2D eigenvalue weighted by atomic mass is 9.87. The summed E-state index contributed by atoms with van der Waals surface area (Å²) in [7, 11) is 0. The quantitative estimate of drug-likeness (QED) is 0.135. The molecule has 2 aromatic heterocycles. The molecule has 1 aliphatic carbocycles. The second kappa shape index (κ2) is 17.6. The molecule has 0 atom stereocenters. The smallest absolute Gasteiger partial charge is 0.137 e. The molecule has 0 bridgehead atoms. The van der Waals surface area contributed by atoms with Gasteiger partial charge in [0.2, 0.25) is 0 Å². The monoisotopic (exact) mass is 896 g/mol. The van der Waals surface area contributed by atoms with Crippen molar-refractivity contribution >= 4 is 44.6 Å². The van der Waals surface area contributed by atoms with E-state index in [4.69, 9.17) is 9.72 Å². The van der Waals surface area contributed by atoms with Gasteiger partial charge in [-0.2, -0.15) is 0 Å². The Morgan fingerprint density at radius 2 is 1.27 bits per heavy atom. The van der Waals surface area contributed by atoms with E-state index >= 15 is 8.78 Å². The fraction of sp³-hybridized carbons (Fsp3) is 0.305. The van der Waals surface area contributed by atoms with Crippen LogP contribution in [0.15, 0.2) is 128 Å². The average Bonchev–Trinajstić information content (AvgIpc) is 3.70. The van der Waals surface area contributed by atoms with Crippen molar-refractivity contribution in [3.8, 4) is 28.4 Å². The number of hydrogen-bond acceptors (Lipinski definition) is 4. The number of anilines is 4. The second-order valence-corrected chi connectivity index (χ2v) is 20.3. The van der Waals surface area contributed by atoms with Crippen molar-refractivity contribution in [1.82, 2.24) is 9.55 Å². The van der Waals surface area contributed by atoms with E-state index in [1.54, 1.807) is 0 Å². The maximum atomic E-state index is 15.4. The van der Waals surface area contributed by atoms with Crippen molar-refractivity contribution in [3.05, 3.63) is 167 Å². The van der Waals surface area contributed by atoms with E-state index in [9.17, 15) is 4.39 Å². The van der Waals surface area contributed by atoms with Gasteiger partial charge in [0.05, 0.1) is 28.0 Å². The molecule has 67 heavy (non-hydrogen) atoms. The van der Waals surface area contributed by atoms with Gasteiger partial charge in [0.25, 0.3) is 0 Å². The van der Waals surface area contributed by atoms with Gasteiger partial charge < -0.3 is 14.5 Å². The molecule has 0 amide bonds. The minimum Gasteiger partial charge on any atom is -0.457 e. The van der Waals surface area contributed by atoms with Crippen LogP contribution < -0.4 is 14.5 Å². The van der Waals surface area contributed by atoms with E-state index in [-0.39, 0.29) is 22.8 Å². The zero-order chi connectivity index (χ0) is 46.7. The van der Waals surface area contributed by atoms with Crippen LogP contribution in [0.4, 0.5) is 35.9 Å². The highest BCUT2D eigenvalue weighted by Crippen LogP contribution is 2.51. The second-order valence-electron chi connectivity index (χ2n) is 20.3. The van der Waals surface area contributed by atoms with E-state index in [0.717, 1.165) is 98.0 Å². The van der Waals surface area contributed by atoms with Crippen molar-refractivity contribution < 1.29 is 17.9 Å². The molecule has 5 nitrogen and oxygen atoms in total. The number of para-hydroxylation sites is 3. The van der Waals surface area contributed by atoms with Gasteiger partial charge in [-0.25, -0.2) is 18.2 Å². The lowest BCUT2D eigenvalue weighted by molar-refractivity contribution is 0.480. The molecular formula is C59H59F3N4O. The molecule has 10 rings (SSSR count). The largest absolute Gasteiger partial charge is 0.457 e. The summed E-state index contributed by atoms with van der Waals surface area (Å²) >= 11 is 0. The fourth-order valence-corrected chi connectivity index (χ4v) is 10.5. The Labute approximate surface area is 392 Å². The van der Waals surface area contributed by atoms with Crippen LogP contribution in [0.25, 0.3) is 38.8 Å². The summed E-state index contributed by atoms with van der Waals surface area (Å²) < 4.78 is 54.2. The molecule has 8 aromatic rings. The van der Waals surface area contributed by atoms with Crippen LogP contribution in [0.2, 0.25) is 0 Å². The fourth-order valence-electron chi connectivity index (χ4n) is 10.5. The van der Waals surface area contributed by atoms with Gasteiger partial charge in [0.15, 0.2) is 0 Å². The number of halogens is 3. The van der Waals surface area contributed by atoms with Gasteiger partial charge in [-0.05, 0) is 131 Å². The number of ether oxygens (including phenoxy) is 1. The molecule has 3 heterocycles. The highest BCUT2D eigenvalue weighted by atomic mass is 19.1. The van der Waals surface area contributed by atoms with Crippen molar-refractivity contribution in [1.29, 1.82) is 0 Å². The molecule has 2 aliphatic rings. The molecule has 0 radical (unpaired) electrons. The first-order valence-electron chi connectivity index (χ1n) is 24.0. The van der Waals surface area contributed by atoms with Gasteiger partial charge in [-0.1, -0.05) is 104 Å². The predicted molar refractivity (Wildman–Crippen MR) is 270 cm³/mol. The Morgan fingerprint density at radius 3 is 1.94 bits per heavy atom. The maximum absolute atomic E-state index is 15.4. The normalized spacial score (nSPS) is 14.7. The molecule has 8 heteroatoms. The molecule has 0 saturated heterocycles. The van der Waals surface area contributed by atoms with Crippen LogP contribution in [0.5, 0.6) is 11.5 Å². The third kappa shape index (κ3) is 8.34. The van der Waals surface area contributed by atoms with Gasteiger partial charge in [0, 0.05) is 52.6 Å². The van der Waals surface area contributed by atoms with Gasteiger partial charge in [0.1, 0.15) is 41.4 Å². The lowest BCUT2D eigenvalue weighted by Crippen LogP contribution is -2.26. The zero-order valence-corrected chi connectivity index (χ0v) is 39.6. The number of aromatic nitrogens is 2. The van der Waals surface area contributed by atoms with Crippen LogP contribution in [0.1, 0.15) is 127 Å². The molecule has 342 valence electrons. The number of rotatable bonds is 9. The Kier molecular flexibility index (Phi) is 11.6. The average molecular weight is 897 g/mol. The van der Waals surface area contributed by atoms with Gasteiger partial charge >= 0.3 is 0 Å². The molecule has 1 fully saturated rings. The predicted octanol–water partition coefficient (Wildman–Crippen LogP) is 17.3. The van der Waals surface area contributed by atoms with Crippen LogP contribution in [-0.2, 0) is 5.41 Å². The number of hydrogen-bond donors (Lipinski definition) is 0. The summed E-state index contributed by atoms with van der Waals surface area (Å²) in [4.78, 5) is 9.64. The summed E-state index contributed by atoms with van der Waals surface area (Å²) in [5, 5.41) is 2.29. The molecular weight excluding hydrogens is 838 g/mol. The first kappa shape index (κ1) is 44.3. The molecule has 1 aliphatic heterocycles. The third-order valence-corrected chi connectivity index (χ3v) is 14.0. The molecule has 6 aromatic carbocycles. The first-order valence-corrected chi connectivity index (χ1v) is 24.0. The Hall–Kier alpha value is -6.54. The summed E-state index contributed by atoms with van der Waals surface area (Å²) in [6, 6.07) is 39.8. The number of nitrogens with zero attached hydrogens (tertiary/aromatic N) is 4. The number of fused-ring (bicyclic) bond motifs is 4. The van der Waals surface area contributed by atoms with Crippen LogP contribution in [-0.4, -0.2) is 16.2 Å². The van der Waals surface area contributed by atoms with Crippen LogP contribution in [0.3, 0.4) is 0 Å². The SMILES string of the molecule is CC(C)c1cc(-c2c(F)cc(F)cc2F)cc(C(C)C)c1N1CN(c2cc(Oc3ccc4c5ccccc5n(-c5cc(C(C)(C)C)ccn5)c4c3)cc(C3CCCCCC3)c2)c2ccccc21. The van der Waals surface area contributed by atoms with Gasteiger partial charge in [-0.3, -0.25) is 4.57 Å². The van der Waals surface area contributed by atoms with Crippen LogP contribution >= 0.6 is 0 Å². The minimum atomic E-state index is -0.936. The van der Waals surface area contributed by atoms with Crippen molar-refractivity contribution in [3.63, 3.8) is 0 Å². The zero-order valence-electron chi connectivity index (χ0n) is 39.6. The standard InChI is InChI=1S/C59H59F3N4O/c1-36(2)48-28-40(57-50(61)31-42(60)32-51(57)62)29-49(37(3)4)58(48)65-35-64(53-20-14-15-21-54(53)65)43-26-39(38-16-10-8-9-11-17-38)27-45(33-43)67-44-22-23-47-46-18-12-13-19-52(46)66(55(47)34-44)56-30-41(24-25-63-56)59(5,6)7/h12-15,18-34,36-38H,8-11,16-17,35H2,1-7H3.